The van der Waals surface area contributed by atoms with Crippen LogP contribution in [0.15, 0.2) is 30.6 Å². The zero-order chi connectivity index (χ0) is 14.1. The zero-order valence-electron chi connectivity index (χ0n) is 11.7. The Balaban J connectivity index is 1.71. The Bertz CT molecular complexity index is 607. The van der Waals surface area contributed by atoms with Gasteiger partial charge in [0, 0.05) is 18.2 Å². The maximum absolute atomic E-state index is 12.4. The topological polar surface area (TPSA) is 59.8 Å². The van der Waals surface area contributed by atoms with Crippen molar-refractivity contribution in [2.45, 2.75) is 38.8 Å². The van der Waals surface area contributed by atoms with E-state index in [1.807, 2.05) is 32.0 Å². The van der Waals surface area contributed by atoms with Crippen LogP contribution in [0.2, 0.25) is 0 Å². The number of nitrogens with one attached hydrogen (secondary N) is 1. The number of hydrogen-bond donors (Lipinski definition) is 1. The molecule has 5 nitrogen and oxygen atoms in total. The lowest BCUT2D eigenvalue weighted by atomic mass is 10.0. The van der Waals surface area contributed by atoms with Crippen molar-refractivity contribution in [2.75, 3.05) is 5.32 Å². The van der Waals surface area contributed by atoms with E-state index in [2.05, 4.69) is 21.5 Å². The number of carbonyl (C=O) groups is 1. The van der Waals surface area contributed by atoms with Gasteiger partial charge in [0.05, 0.1) is 12.5 Å². The van der Waals surface area contributed by atoms with E-state index in [4.69, 9.17) is 0 Å². The zero-order valence-corrected chi connectivity index (χ0v) is 11.7. The molecular formula is C15H18N4O. The average Bonchev–Trinajstić information content (AvgIpc) is 3.03. The molecule has 0 saturated heterocycles. The van der Waals surface area contributed by atoms with Gasteiger partial charge in [0.25, 0.3) is 0 Å². The minimum absolute atomic E-state index is 0.148. The number of fused-ring (bicyclic) bond motifs is 1. The second kappa shape index (κ2) is 5.07. The predicted molar refractivity (Wildman–Crippen MR) is 76.7 cm³/mol. The van der Waals surface area contributed by atoms with Crippen molar-refractivity contribution in [3.8, 4) is 0 Å². The van der Waals surface area contributed by atoms with Gasteiger partial charge < -0.3 is 5.32 Å². The summed E-state index contributed by atoms with van der Waals surface area (Å²) in [5.74, 6) is 0.902. The molecule has 104 valence electrons. The Morgan fingerprint density at radius 1 is 1.45 bits per heavy atom. The normalized spacial score (nSPS) is 17.1. The summed E-state index contributed by atoms with van der Waals surface area (Å²) in [5.41, 5.74) is 2.27. The second-order valence-corrected chi connectivity index (χ2v) is 5.42. The van der Waals surface area contributed by atoms with Crippen LogP contribution in [-0.2, 0) is 17.6 Å². The maximum Gasteiger partial charge on any atom is 0.162 e. The van der Waals surface area contributed by atoms with Crippen LogP contribution in [0.1, 0.15) is 31.3 Å². The molecule has 5 heteroatoms. The number of para-hydroxylation sites is 1. The molecule has 0 amide bonds. The van der Waals surface area contributed by atoms with Crippen molar-refractivity contribution in [3.63, 3.8) is 0 Å². The summed E-state index contributed by atoms with van der Waals surface area (Å²) in [4.78, 5) is 16.6. The molecule has 0 aliphatic carbocycles. The first kappa shape index (κ1) is 12.8. The molecule has 2 heterocycles. The van der Waals surface area contributed by atoms with Crippen molar-refractivity contribution < 1.29 is 4.79 Å². The third kappa shape index (κ3) is 2.31. The highest BCUT2D eigenvalue weighted by Gasteiger charge is 2.27. The molecule has 1 atom stereocenters. The number of rotatable bonds is 4. The Morgan fingerprint density at radius 2 is 2.25 bits per heavy atom. The van der Waals surface area contributed by atoms with Crippen molar-refractivity contribution in [1.29, 1.82) is 0 Å². The van der Waals surface area contributed by atoms with Gasteiger partial charge in [-0.25, -0.2) is 9.67 Å². The number of Topliss-reactive ketones (excluding diaryl/α,β-unsaturated/α-hetero) is 1. The SMILES string of the molecule is CC(C)n1ncnc1CC(=O)C1Cc2ccccc2N1. The predicted octanol–water partition coefficient (Wildman–Crippen LogP) is 2.01. The monoisotopic (exact) mass is 270 g/mol. The molecule has 1 unspecified atom stereocenters. The first-order chi connectivity index (χ1) is 9.65. The van der Waals surface area contributed by atoms with Gasteiger partial charge in [0.1, 0.15) is 12.2 Å². The fourth-order valence-electron chi connectivity index (χ4n) is 2.60. The summed E-state index contributed by atoms with van der Waals surface area (Å²) in [6.45, 7) is 4.07. The van der Waals surface area contributed by atoms with E-state index in [1.165, 1.54) is 11.9 Å². The molecule has 2 aromatic rings. The Hall–Kier alpha value is -2.17. The first-order valence-electron chi connectivity index (χ1n) is 6.90. The van der Waals surface area contributed by atoms with Gasteiger partial charge in [-0.2, -0.15) is 5.10 Å². The van der Waals surface area contributed by atoms with E-state index in [9.17, 15) is 4.79 Å². The third-order valence-electron chi connectivity index (χ3n) is 3.63. The van der Waals surface area contributed by atoms with Gasteiger partial charge in [-0.3, -0.25) is 4.79 Å². The molecule has 0 saturated carbocycles. The third-order valence-corrected chi connectivity index (χ3v) is 3.63. The minimum Gasteiger partial charge on any atom is -0.375 e. The number of nitrogens with zero attached hydrogens (tertiary/aromatic N) is 3. The molecule has 0 fully saturated rings. The molecule has 1 N–H and O–H groups in total. The highest BCUT2D eigenvalue weighted by Crippen LogP contribution is 2.26. The molecule has 0 radical (unpaired) electrons. The van der Waals surface area contributed by atoms with Crippen LogP contribution in [0.3, 0.4) is 0 Å². The summed E-state index contributed by atoms with van der Waals surface area (Å²) in [6.07, 6.45) is 2.59. The average molecular weight is 270 g/mol. The summed E-state index contributed by atoms with van der Waals surface area (Å²) in [6, 6.07) is 8.13. The lowest BCUT2D eigenvalue weighted by Gasteiger charge is -2.12. The Kier molecular flexibility index (Phi) is 3.26. The molecule has 20 heavy (non-hydrogen) atoms. The first-order valence-corrected chi connectivity index (χ1v) is 6.90. The van der Waals surface area contributed by atoms with Crippen LogP contribution in [0.5, 0.6) is 0 Å². The highest BCUT2D eigenvalue weighted by atomic mass is 16.1. The molecular weight excluding hydrogens is 252 g/mol. The summed E-state index contributed by atoms with van der Waals surface area (Å²) < 4.78 is 1.81. The van der Waals surface area contributed by atoms with Crippen LogP contribution in [-0.4, -0.2) is 26.6 Å². The van der Waals surface area contributed by atoms with Gasteiger partial charge in [-0.1, -0.05) is 18.2 Å². The van der Waals surface area contributed by atoms with Crippen molar-refractivity contribution in [3.05, 3.63) is 42.0 Å². The van der Waals surface area contributed by atoms with E-state index in [0.29, 0.717) is 6.42 Å². The fourth-order valence-corrected chi connectivity index (χ4v) is 2.60. The molecule has 1 aliphatic heterocycles. The van der Waals surface area contributed by atoms with Gasteiger partial charge in [0.2, 0.25) is 0 Å². The van der Waals surface area contributed by atoms with E-state index >= 15 is 0 Å². The van der Waals surface area contributed by atoms with E-state index in [0.717, 1.165) is 17.9 Å². The molecule has 1 aromatic heterocycles. The molecule has 3 rings (SSSR count). The van der Waals surface area contributed by atoms with Crippen LogP contribution in [0.25, 0.3) is 0 Å². The molecule has 1 aromatic carbocycles. The molecule has 1 aliphatic rings. The van der Waals surface area contributed by atoms with Gasteiger partial charge in [-0.05, 0) is 25.5 Å². The van der Waals surface area contributed by atoms with Crippen LogP contribution in [0, 0.1) is 0 Å². The minimum atomic E-state index is -0.148. The van der Waals surface area contributed by atoms with Crippen molar-refractivity contribution >= 4 is 11.5 Å². The lowest BCUT2D eigenvalue weighted by molar-refractivity contribution is -0.119. The maximum atomic E-state index is 12.4. The quantitative estimate of drug-likeness (QED) is 0.923. The number of benzene rings is 1. The van der Waals surface area contributed by atoms with E-state index in [1.54, 1.807) is 4.68 Å². The standard InChI is InChI=1S/C15H18N4O/c1-10(2)19-15(16-9-17-19)8-14(20)13-7-11-5-3-4-6-12(11)18-13/h3-6,9-10,13,18H,7-8H2,1-2H3. The second-order valence-electron chi connectivity index (χ2n) is 5.42. The van der Waals surface area contributed by atoms with Crippen molar-refractivity contribution in [2.24, 2.45) is 0 Å². The number of ketones is 1. The van der Waals surface area contributed by atoms with Crippen LogP contribution >= 0.6 is 0 Å². The van der Waals surface area contributed by atoms with Gasteiger partial charge >= 0.3 is 0 Å². The Morgan fingerprint density at radius 3 is 3.00 bits per heavy atom. The lowest BCUT2D eigenvalue weighted by Crippen LogP contribution is -2.29. The number of hydrogen-bond acceptors (Lipinski definition) is 4. The molecule has 0 spiro atoms. The van der Waals surface area contributed by atoms with Crippen LogP contribution < -0.4 is 5.32 Å². The van der Waals surface area contributed by atoms with E-state index < -0.39 is 0 Å². The summed E-state index contributed by atoms with van der Waals surface area (Å²) in [5, 5.41) is 7.46. The largest absolute Gasteiger partial charge is 0.375 e. The van der Waals surface area contributed by atoms with Gasteiger partial charge in [0.15, 0.2) is 5.78 Å². The fraction of sp³-hybridized carbons (Fsp3) is 0.400. The smallest absolute Gasteiger partial charge is 0.162 e. The number of aromatic nitrogens is 3. The Labute approximate surface area is 118 Å². The highest BCUT2D eigenvalue weighted by molar-refractivity contribution is 5.90. The van der Waals surface area contributed by atoms with E-state index in [-0.39, 0.29) is 17.9 Å². The number of anilines is 1. The molecule has 0 bridgehead atoms. The van der Waals surface area contributed by atoms with Crippen molar-refractivity contribution in [1.82, 2.24) is 14.8 Å². The summed E-state index contributed by atoms with van der Waals surface area (Å²) in [7, 11) is 0. The van der Waals surface area contributed by atoms with Crippen LogP contribution in [0.4, 0.5) is 5.69 Å². The number of carbonyl (C=O) groups excluding carboxylic acids is 1. The van der Waals surface area contributed by atoms with Gasteiger partial charge in [-0.15, -0.1) is 0 Å². The summed E-state index contributed by atoms with van der Waals surface area (Å²) >= 11 is 0.